The fourth-order valence-electron chi connectivity index (χ4n) is 1.68. The second kappa shape index (κ2) is 9.02. The minimum absolute atomic E-state index is 0.0490. The normalized spacial score (nSPS) is 11.0. The third-order valence-corrected chi connectivity index (χ3v) is 3.21. The van der Waals surface area contributed by atoms with Gasteiger partial charge in [-0.25, -0.2) is 4.79 Å². The molecular weight excluding hydrogens is 338 g/mol. The van der Waals surface area contributed by atoms with Gasteiger partial charge in [0.25, 0.3) is 0 Å². The zero-order valence-electron chi connectivity index (χ0n) is 13.7. The van der Waals surface area contributed by atoms with Crippen molar-refractivity contribution in [2.24, 2.45) is 10.9 Å². The fourth-order valence-corrected chi connectivity index (χ4v) is 1.93. The number of methoxy groups -OCH3 is 2. The lowest BCUT2D eigenvalue weighted by molar-refractivity contribution is -0.154. The highest BCUT2D eigenvalue weighted by atomic mass is 35.5. The Labute approximate surface area is 144 Å². The zero-order chi connectivity index (χ0) is 18.3. The highest BCUT2D eigenvalue weighted by Crippen LogP contribution is 2.29. The third-order valence-electron chi connectivity index (χ3n) is 2.81. The van der Waals surface area contributed by atoms with Gasteiger partial charge in [0, 0.05) is 6.21 Å². The number of halogens is 1. The molecule has 0 atom stereocenters. The van der Waals surface area contributed by atoms with Crippen molar-refractivity contribution in [3.8, 4) is 0 Å². The summed E-state index contributed by atoms with van der Waals surface area (Å²) in [5.41, 5.74) is 0.334. The van der Waals surface area contributed by atoms with E-state index in [0.717, 1.165) is 20.4 Å². The Hall–Kier alpha value is -2.41. The molecule has 0 aromatic heterocycles. The summed E-state index contributed by atoms with van der Waals surface area (Å²) in [4.78, 5) is 39.2. The number of carbonyl (C=O) groups excluding carboxylic acids is 3. The van der Waals surface area contributed by atoms with E-state index in [4.69, 9.17) is 16.3 Å². The summed E-state index contributed by atoms with van der Waals surface area (Å²) in [7, 11) is 2.28. The Morgan fingerprint density at radius 2 is 1.71 bits per heavy atom. The van der Waals surface area contributed by atoms with Crippen LogP contribution in [0.3, 0.4) is 0 Å². The van der Waals surface area contributed by atoms with Crippen LogP contribution in [-0.4, -0.2) is 44.4 Å². The first kappa shape index (κ1) is 19.6. The maximum atomic E-state index is 12.0. The van der Waals surface area contributed by atoms with Gasteiger partial charge >= 0.3 is 17.9 Å². The van der Waals surface area contributed by atoms with Gasteiger partial charge in [0.05, 0.1) is 36.6 Å². The van der Waals surface area contributed by atoms with Crippen LogP contribution in [-0.2, 0) is 23.8 Å². The summed E-state index contributed by atoms with van der Waals surface area (Å²) in [5, 5.41) is 0.0490. The first-order chi connectivity index (χ1) is 11.3. The van der Waals surface area contributed by atoms with Gasteiger partial charge in [-0.1, -0.05) is 17.7 Å². The zero-order valence-corrected chi connectivity index (χ0v) is 14.5. The van der Waals surface area contributed by atoms with Crippen LogP contribution in [0.15, 0.2) is 23.2 Å². The standard InChI is InChI=1S/C16H18ClNO6/c1-9(2)24-16(21)10-6-5-7-12(13(10)17)18-8-11(14(19)22-3)15(20)23-4/h5-9,11H,1-4H3. The van der Waals surface area contributed by atoms with Crippen LogP contribution in [0.5, 0.6) is 0 Å². The number of ether oxygens (including phenoxy) is 3. The van der Waals surface area contributed by atoms with Gasteiger partial charge < -0.3 is 14.2 Å². The largest absolute Gasteiger partial charge is 0.468 e. The lowest BCUT2D eigenvalue weighted by atomic mass is 10.1. The van der Waals surface area contributed by atoms with Crippen LogP contribution in [0.2, 0.25) is 5.02 Å². The van der Waals surface area contributed by atoms with Crippen molar-refractivity contribution < 1.29 is 28.6 Å². The summed E-state index contributed by atoms with van der Waals surface area (Å²) in [6.07, 6.45) is 0.750. The van der Waals surface area contributed by atoms with E-state index in [0.29, 0.717) is 0 Å². The minimum atomic E-state index is -1.33. The Bertz CT molecular complexity index is 640. The second-order valence-corrected chi connectivity index (χ2v) is 5.27. The molecule has 0 fully saturated rings. The molecule has 1 rings (SSSR count). The molecule has 0 unspecified atom stereocenters. The average Bonchev–Trinajstić information content (AvgIpc) is 2.54. The quantitative estimate of drug-likeness (QED) is 0.337. The van der Waals surface area contributed by atoms with Crippen LogP contribution < -0.4 is 0 Å². The highest BCUT2D eigenvalue weighted by molar-refractivity contribution is 6.36. The van der Waals surface area contributed by atoms with E-state index < -0.39 is 23.8 Å². The molecule has 0 aliphatic carbocycles. The molecule has 130 valence electrons. The van der Waals surface area contributed by atoms with E-state index in [1.54, 1.807) is 19.9 Å². The number of aliphatic imine (C=N–C) groups is 1. The van der Waals surface area contributed by atoms with Crippen molar-refractivity contribution in [1.82, 2.24) is 0 Å². The predicted octanol–water partition coefficient (Wildman–Crippen LogP) is 2.57. The van der Waals surface area contributed by atoms with E-state index in [-0.39, 0.29) is 22.4 Å². The molecule has 8 heteroatoms. The van der Waals surface area contributed by atoms with Gasteiger partial charge in [0.15, 0.2) is 5.92 Å². The summed E-state index contributed by atoms with van der Waals surface area (Å²) in [6, 6.07) is 4.57. The summed E-state index contributed by atoms with van der Waals surface area (Å²) < 4.78 is 14.1. The topological polar surface area (TPSA) is 91.3 Å². The van der Waals surface area contributed by atoms with Gasteiger partial charge in [0.1, 0.15) is 0 Å². The SMILES string of the molecule is COC(=O)C(C=Nc1cccc(C(=O)OC(C)C)c1Cl)C(=O)OC. The van der Waals surface area contributed by atoms with E-state index >= 15 is 0 Å². The number of rotatable bonds is 6. The van der Waals surface area contributed by atoms with Crippen molar-refractivity contribution >= 4 is 41.4 Å². The number of nitrogens with zero attached hydrogens (tertiary/aromatic N) is 1. The number of hydrogen-bond acceptors (Lipinski definition) is 7. The molecule has 0 aliphatic rings. The minimum Gasteiger partial charge on any atom is -0.468 e. The molecule has 0 N–H and O–H groups in total. The molecule has 0 heterocycles. The van der Waals surface area contributed by atoms with E-state index in [1.165, 1.54) is 12.1 Å². The lowest BCUT2D eigenvalue weighted by Crippen LogP contribution is -2.27. The third kappa shape index (κ3) is 5.06. The van der Waals surface area contributed by atoms with Crippen LogP contribution >= 0.6 is 11.6 Å². The average molecular weight is 356 g/mol. The number of benzene rings is 1. The molecule has 0 saturated carbocycles. The van der Waals surface area contributed by atoms with E-state index in [9.17, 15) is 14.4 Å². The fraction of sp³-hybridized carbons (Fsp3) is 0.375. The van der Waals surface area contributed by atoms with E-state index in [2.05, 4.69) is 14.5 Å². The smallest absolute Gasteiger partial charge is 0.339 e. The molecule has 1 aromatic rings. The summed E-state index contributed by atoms with van der Waals surface area (Å²) in [5.74, 6) is -3.57. The maximum absolute atomic E-state index is 12.0. The molecule has 0 aliphatic heterocycles. The molecule has 0 radical (unpaired) electrons. The number of carbonyl (C=O) groups is 3. The molecule has 0 amide bonds. The van der Waals surface area contributed by atoms with Gasteiger partial charge in [-0.2, -0.15) is 0 Å². The van der Waals surface area contributed by atoms with Gasteiger partial charge in [-0.05, 0) is 26.0 Å². The Balaban J connectivity index is 3.12. The Morgan fingerprint density at radius 1 is 1.12 bits per heavy atom. The Kier molecular flexibility index (Phi) is 7.38. The van der Waals surface area contributed by atoms with Crippen LogP contribution in [0.25, 0.3) is 0 Å². The predicted molar refractivity (Wildman–Crippen MR) is 87.7 cm³/mol. The lowest BCUT2D eigenvalue weighted by Gasteiger charge is -2.10. The molecule has 0 spiro atoms. The van der Waals surface area contributed by atoms with Crippen molar-refractivity contribution in [3.05, 3.63) is 28.8 Å². The summed E-state index contributed by atoms with van der Waals surface area (Å²) >= 11 is 6.15. The van der Waals surface area contributed by atoms with Crippen LogP contribution in [0.4, 0.5) is 5.69 Å². The first-order valence-electron chi connectivity index (χ1n) is 7.01. The van der Waals surface area contributed by atoms with Crippen molar-refractivity contribution in [2.45, 2.75) is 20.0 Å². The number of hydrogen-bond donors (Lipinski definition) is 0. The van der Waals surface area contributed by atoms with Gasteiger partial charge in [-0.15, -0.1) is 0 Å². The second-order valence-electron chi connectivity index (χ2n) is 4.89. The molecular formula is C16H18ClNO6. The molecule has 0 bridgehead atoms. The molecule has 1 aromatic carbocycles. The van der Waals surface area contributed by atoms with Crippen LogP contribution in [0, 0.1) is 5.92 Å². The van der Waals surface area contributed by atoms with Crippen LogP contribution in [0.1, 0.15) is 24.2 Å². The first-order valence-corrected chi connectivity index (χ1v) is 7.39. The monoisotopic (exact) mass is 355 g/mol. The Morgan fingerprint density at radius 3 is 2.21 bits per heavy atom. The van der Waals surface area contributed by atoms with Gasteiger partial charge in [-0.3, -0.25) is 14.6 Å². The summed E-state index contributed by atoms with van der Waals surface area (Å²) in [6.45, 7) is 3.43. The highest BCUT2D eigenvalue weighted by Gasteiger charge is 2.27. The molecule has 24 heavy (non-hydrogen) atoms. The van der Waals surface area contributed by atoms with Gasteiger partial charge in [0.2, 0.25) is 0 Å². The van der Waals surface area contributed by atoms with Crippen molar-refractivity contribution in [2.75, 3.05) is 14.2 Å². The maximum Gasteiger partial charge on any atom is 0.339 e. The molecule has 0 saturated heterocycles. The van der Waals surface area contributed by atoms with Crippen molar-refractivity contribution in [1.29, 1.82) is 0 Å². The van der Waals surface area contributed by atoms with Crippen molar-refractivity contribution in [3.63, 3.8) is 0 Å². The molecule has 7 nitrogen and oxygen atoms in total. The van der Waals surface area contributed by atoms with E-state index in [1.807, 2.05) is 0 Å². The number of esters is 3.